The molecule has 1 aromatic carbocycles. The summed E-state index contributed by atoms with van der Waals surface area (Å²) in [6.07, 6.45) is 1.36. The van der Waals surface area contributed by atoms with Gasteiger partial charge in [-0.05, 0) is 19.1 Å². The zero-order valence-corrected chi connectivity index (χ0v) is 9.38. The first kappa shape index (κ1) is 9.96. The standard InChI is InChI=1S/C13H12N2O2/c1-9-4-6-10(7-5-9)12-14-15-13(17-12)11-3-2-8-16-11/h2-8,12,14H,1H3. The number of furan rings is 1. The van der Waals surface area contributed by atoms with Crippen LogP contribution in [0.15, 0.2) is 52.2 Å². The second-order valence-electron chi connectivity index (χ2n) is 3.93. The summed E-state index contributed by atoms with van der Waals surface area (Å²) >= 11 is 0. The molecule has 0 aliphatic carbocycles. The number of hydrogen-bond donors (Lipinski definition) is 1. The van der Waals surface area contributed by atoms with E-state index in [1.54, 1.807) is 12.3 Å². The van der Waals surface area contributed by atoms with Gasteiger partial charge in [0, 0.05) is 5.56 Å². The van der Waals surface area contributed by atoms with E-state index in [1.165, 1.54) is 5.56 Å². The van der Waals surface area contributed by atoms with Crippen LogP contribution in [-0.4, -0.2) is 5.90 Å². The van der Waals surface area contributed by atoms with Crippen molar-refractivity contribution >= 4 is 5.90 Å². The van der Waals surface area contributed by atoms with Gasteiger partial charge in [0.25, 0.3) is 5.90 Å². The summed E-state index contributed by atoms with van der Waals surface area (Å²) in [5.74, 6) is 1.12. The first-order chi connectivity index (χ1) is 8.33. The molecule has 0 radical (unpaired) electrons. The Morgan fingerprint density at radius 3 is 2.71 bits per heavy atom. The fraction of sp³-hybridized carbons (Fsp3) is 0.154. The van der Waals surface area contributed by atoms with Gasteiger partial charge in [0.2, 0.25) is 6.23 Å². The number of nitrogens with one attached hydrogen (secondary N) is 1. The van der Waals surface area contributed by atoms with Crippen LogP contribution in [0, 0.1) is 6.92 Å². The van der Waals surface area contributed by atoms with E-state index < -0.39 is 0 Å². The summed E-state index contributed by atoms with van der Waals surface area (Å²) in [4.78, 5) is 0. The second-order valence-corrected chi connectivity index (χ2v) is 3.93. The first-order valence-electron chi connectivity index (χ1n) is 5.43. The lowest BCUT2D eigenvalue weighted by Crippen LogP contribution is -2.12. The molecule has 1 atom stereocenters. The topological polar surface area (TPSA) is 46.8 Å². The van der Waals surface area contributed by atoms with E-state index in [9.17, 15) is 0 Å². The van der Waals surface area contributed by atoms with Crippen LogP contribution in [-0.2, 0) is 4.74 Å². The highest BCUT2D eigenvalue weighted by atomic mass is 16.5. The number of hydrogen-bond acceptors (Lipinski definition) is 4. The smallest absolute Gasteiger partial charge is 0.276 e. The predicted octanol–water partition coefficient (Wildman–Crippen LogP) is 2.57. The number of benzene rings is 1. The molecule has 0 bridgehead atoms. The molecule has 1 unspecified atom stereocenters. The van der Waals surface area contributed by atoms with Gasteiger partial charge in [0.15, 0.2) is 5.76 Å². The Balaban J connectivity index is 1.76. The van der Waals surface area contributed by atoms with Crippen molar-refractivity contribution in [3.63, 3.8) is 0 Å². The van der Waals surface area contributed by atoms with Crippen LogP contribution >= 0.6 is 0 Å². The van der Waals surface area contributed by atoms with Gasteiger partial charge in [0.05, 0.1) is 6.26 Å². The summed E-state index contributed by atoms with van der Waals surface area (Å²) < 4.78 is 10.9. The van der Waals surface area contributed by atoms with Crippen molar-refractivity contribution in [3.8, 4) is 0 Å². The van der Waals surface area contributed by atoms with Gasteiger partial charge < -0.3 is 9.15 Å². The highest BCUT2D eigenvalue weighted by Gasteiger charge is 2.23. The van der Waals surface area contributed by atoms with Crippen LogP contribution in [0.1, 0.15) is 23.1 Å². The molecule has 1 aliphatic rings. The summed E-state index contributed by atoms with van der Waals surface area (Å²) in [5.41, 5.74) is 5.20. The van der Waals surface area contributed by atoms with Crippen LogP contribution in [0.5, 0.6) is 0 Å². The Bertz CT molecular complexity index is 529. The third-order valence-corrected chi connectivity index (χ3v) is 2.62. The van der Waals surface area contributed by atoms with E-state index in [2.05, 4.69) is 17.5 Å². The maximum absolute atomic E-state index is 5.68. The van der Waals surface area contributed by atoms with Gasteiger partial charge >= 0.3 is 0 Å². The number of aryl methyl sites for hydroxylation is 1. The van der Waals surface area contributed by atoms with Gasteiger partial charge in [-0.15, -0.1) is 5.10 Å². The van der Waals surface area contributed by atoms with Crippen LogP contribution < -0.4 is 5.43 Å². The summed E-state index contributed by atoms with van der Waals surface area (Å²) in [5, 5.41) is 4.11. The molecule has 4 heteroatoms. The Kier molecular flexibility index (Phi) is 2.33. The molecule has 17 heavy (non-hydrogen) atoms. The fourth-order valence-corrected chi connectivity index (χ4v) is 1.68. The molecule has 1 aromatic heterocycles. The number of ether oxygens (including phenoxy) is 1. The molecule has 1 N–H and O–H groups in total. The SMILES string of the molecule is Cc1ccc(C2NN=C(c3ccco3)O2)cc1. The average Bonchev–Trinajstić information content (AvgIpc) is 3.00. The molecule has 2 heterocycles. The minimum atomic E-state index is -0.240. The monoisotopic (exact) mass is 228 g/mol. The summed E-state index contributed by atoms with van der Waals surface area (Å²) in [6, 6.07) is 11.8. The number of rotatable bonds is 2. The quantitative estimate of drug-likeness (QED) is 0.859. The van der Waals surface area contributed by atoms with Crippen molar-refractivity contribution in [1.82, 2.24) is 5.43 Å². The third kappa shape index (κ3) is 1.89. The van der Waals surface area contributed by atoms with E-state index in [4.69, 9.17) is 9.15 Å². The highest BCUT2D eigenvalue weighted by molar-refractivity contribution is 5.92. The normalized spacial score (nSPS) is 18.4. The van der Waals surface area contributed by atoms with Gasteiger partial charge in [-0.3, -0.25) is 5.43 Å². The maximum atomic E-state index is 5.68. The maximum Gasteiger partial charge on any atom is 0.276 e. The highest BCUT2D eigenvalue weighted by Crippen LogP contribution is 2.21. The van der Waals surface area contributed by atoms with Gasteiger partial charge in [0.1, 0.15) is 0 Å². The first-order valence-corrected chi connectivity index (χ1v) is 5.43. The summed E-state index contributed by atoms with van der Waals surface area (Å²) in [6.45, 7) is 2.05. The van der Waals surface area contributed by atoms with Crippen molar-refractivity contribution < 1.29 is 9.15 Å². The van der Waals surface area contributed by atoms with Gasteiger partial charge in [-0.1, -0.05) is 29.8 Å². The van der Waals surface area contributed by atoms with E-state index >= 15 is 0 Å². The molecular formula is C13H12N2O2. The molecule has 2 aromatic rings. The van der Waals surface area contributed by atoms with Crippen LogP contribution in [0.4, 0.5) is 0 Å². The van der Waals surface area contributed by atoms with Crippen molar-refractivity contribution in [3.05, 3.63) is 59.5 Å². The Morgan fingerprint density at radius 1 is 1.18 bits per heavy atom. The number of nitrogens with zero attached hydrogens (tertiary/aromatic N) is 1. The Morgan fingerprint density at radius 2 is 2.00 bits per heavy atom. The third-order valence-electron chi connectivity index (χ3n) is 2.62. The summed E-state index contributed by atoms with van der Waals surface area (Å²) in [7, 11) is 0. The molecule has 4 nitrogen and oxygen atoms in total. The average molecular weight is 228 g/mol. The zero-order valence-electron chi connectivity index (χ0n) is 9.38. The predicted molar refractivity (Wildman–Crippen MR) is 63.4 cm³/mol. The van der Waals surface area contributed by atoms with Crippen LogP contribution in [0.2, 0.25) is 0 Å². The van der Waals surface area contributed by atoms with Gasteiger partial charge in [-0.25, -0.2) is 0 Å². The minimum Gasteiger partial charge on any atom is -0.459 e. The van der Waals surface area contributed by atoms with Crippen LogP contribution in [0.25, 0.3) is 0 Å². The van der Waals surface area contributed by atoms with Crippen molar-refractivity contribution in [1.29, 1.82) is 0 Å². The fourth-order valence-electron chi connectivity index (χ4n) is 1.68. The number of hydrazone groups is 1. The molecule has 0 saturated heterocycles. The Hall–Kier alpha value is -2.23. The molecule has 86 valence electrons. The minimum absolute atomic E-state index is 0.240. The van der Waals surface area contributed by atoms with E-state index in [0.29, 0.717) is 11.7 Å². The molecule has 0 spiro atoms. The molecule has 0 fully saturated rings. The van der Waals surface area contributed by atoms with Crippen molar-refractivity contribution in [2.24, 2.45) is 5.10 Å². The molecule has 0 saturated carbocycles. The second kappa shape index (κ2) is 3.97. The lowest BCUT2D eigenvalue weighted by Gasteiger charge is -2.10. The van der Waals surface area contributed by atoms with Crippen molar-refractivity contribution in [2.75, 3.05) is 0 Å². The van der Waals surface area contributed by atoms with E-state index in [1.807, 2.05) is 30.3 Å². The lowest BCUT2D eigenvalue weighted by atomic mass is 10.1. The zero-order chi connectivity index (χ0) is 11.7. The van der Waals surface area contributed by atoms with Crippen molar-refractivity contribution in [2.45, 2.75) is 13.2 Å². The molecule has 0 amide bonds. The lowest BCUT2D eigenvalue weighted by molar-refractivity contribution is 0.189. The largest absolute Gasteiger partial charge is 0.459 e. The van der Waals surface area contributed by atoms with E-state index in [0.717, 1.165) is 5.56 Å². The Labute approximate surface area is 98.9 Å². The molecular weight excluding hydrogens is 216 g/mol. The molecule has 1 aliphatic heterocycles. The van der Waals surface area contributed by atoms with Gasteiger partial charge in [-0.2, -0.15) is 0 Å². The van der Waals surface area contributed by atoms with Crippen LogP contribution in [0.3, 0.4) is 0 Å². The molecule has 3 rings (SSSR count). The van der Waals surface area contributed by atoms with E-state index in [-0.39, 0.29) is 6.23 Å².